The van der Waals surface area contributed by atoms with Crippen molar-refractivity contribution in [1.29, 1.82) is 0 Å². The summed E-state index contributed by atoms with van der Waals surface area (Å²) >= 11 is 0. The maximum atomic E-state index is 13.1. The summed E-state index contributed by atoms with van der Waals surface area (Å²) in [6, 6.07) is 6.72. The summed E-state index contributed by atoms with van der Waals surface area (Å²) in [5.74, 6) is 0.383. The van der Waals surface area contributed by atoms with E-state index in [1.54, 1.807) is 40.8 Å². The summed E-state index contributed by atoms with van der Waals surface area (Å²) in [5.41, 5.74) is 1.24. The van der Waals surface area contributed by atoms with Crippen LogP contribution in [0.4, 0.5) is 4.79 Å². The van der Waals surface area contributed by atoms with Crippen LogP contribution >= 0.6 is 0 Å². The zero-order valence-corrected chi connectivity index (χ0v) is 18.7. The van der Waals surface area contributed by atoms with Crippen LogP contribution in [0.25, 0.3) is 0 Å². The molecule has 0 aliphatic rings. The van der Waals surface area contributed by atoms with E-state index in [1.807, 2.05) is 13.8 Å². The Kier molecular flexibility index (Phi) is 8.67. The van der Waals surface area contributed by atoms with Crippen molar-refractivity contribution in [2.75, 3.05) is 33.9 Å². The molecular formula is C20H30N4O5S. The minimum Gasteiger partial charge on any atom is -0.497 e. The Morgan fingerprint density at radius 1 is 1.27 bits per heavy atom. The van der Waals surface area contributed by atoms with Gasteiger partial charge in [0.1, 0.15) is 5.75 Å². The molecule has 0 aliphatic carbocycles. The Morgan fingerprint density at radius 2 is 2.03 bits per heavy atom. The average Bonchev–Trinajstić information content (AvgIpc) is 3.13. The largest absolute Gasteiger partial charge is 0.497 e. The monoisotopic (exact) mass is 438 g/mol. The zero-order valence-electron chi connectivity index (χ0n) is 17.9. The highest BCUT2D eigenvalue weighted by atomic mass is 32.2. The Balaban J connectivity index is 2.35. The molecule has 0 fully saturated rings. The van der Waals surface area contributed by atoms with Gasteiger partial charge < -0.3 is 24.3 Å². The van der Waals surface area contributed by atoms with Crippen LogP contribution in [0.2, 0.25) is 0 Å². The molecule has 1 heterocycles. The molecule has 1 N–H and O–H groups in total. The number of amides is 2. The summed E-state index contributed by atoms with van der Waals surface area (Å²) in [5, 5.41) is 2.72. The standard InChI is InChI=1S/C20H30N4O5S/c1-5-21-19(25)23(6-2)14-17-13-22-20(24(17)10-11-28-3)30(26,27)15-16-8-7-9-18(12-16)29-4/h7-9,12-13H,5-6,10-11,14-15H2,1-4H3,(H,21,25). The molecule has 0 saturated carbocycles. The molecule has 0 aliphatic heterocycles. The van der Waals surface area contributed by atoms with Gasteiger partial charge >= 0.3 is 6.03 Å². The maximum absolute atomic E-state index is 13.1. The Labute approximate surface area is 177 Å². The second-order valence-electron chi connectivity index (χ2n) is 6.64. The van der Waals surface area contributed by atoms with Gasteiger partial charge in [0.25, 0.3) is 0 Å². The van der Waals surface area contributed by atoms with E-state index in [-0.39, 0.29) is 23.5 Å². The molecule has 0 saturated heterocycles. The number of imidazole rings is 1. The van der Waals surface area contributed by atoms with Crippen LogP contribution in [-0.4, -0.2) is 62.8 Å². The van der Waals surface area contributed by atoms with E-state index in [0.29, 0.717) is 43.2 Å². The SMILES string of the molecule is CCNC(=O)N(CC)Cc1cnc(S(=O)(=O)Cc2cccc(OC)c2)n1CCOC. The van der Waals surface area contributed by atoms with E-state index in [0.717, 1.165) is 0 Å². The Bertz CT molecular complexity index is 942. The van der Waals surface area contributed by atoms with E-state index in [9.17, 15) is 13.2 Å². The van der Waals surface area contributed by atoms with Gasteiger partial charge in [-0.2, -0.15) is 0 Å². The van der Waals surface area contributed by atoms with Crippen molar-refractivity contribution in [2.24, 2.45) is 0 Å². The third-order valence-corrected chi connectivity index (χ3v) is 6.13. The lowest BCUT2D eigenvalue weighted by Crippen LogP contribution is -2.39. The first-order valence-corrected chi connectivity index (χ1v) is 11.4. The van der Waals surface area contributed by atoms with Gasteiger partial charge in [-0.25, -0.2) is 18.2 Å². The number of carbonyl (C=O) groups is 1. The van der Waals surface area contributed by atoms with Crippen molar-refractivity contribution >= 4 is 15.9 Å². The van der Waals surface area contributed by atoms with Gasteiger partial charge in [-0.15, -0.1) is 0 Å². The van der Waals surface area contributed by atoms with Crippen LogP contribution in [0.1, 0.15) is 25.1 Å². The lowest BCUT2D eigenvalue weighted by Gasteiger charge is -2.22. The van der Waals surface area contributed by atoms with E-state index in [4.69, 9.17) is 9.47 Å². The third kappa shape index (κ3) is 5.96. The predicted molar refractivity (Wildman–Crippen MR) is 113 cm³/mol. The van der Waals surface area contributed by atoms with Gasteiger partial charge in [-0.05, 0) is 31.5 Å². The number of aromatic nitrogens is 2. The number of rotatable bonds is 11. The number of nitrogens with one attached hydrogen (secondary N) is 1. The van der Waals surface area contributed by atoms with E-state index in [1.165, 1.54) is 13.3 Å². The molecule has 9 nitrogen and oxygen atoms in total. The summed E-state index contributed by atoms with van der Waals surface area (Å²) in [7, 11) is -0.647. The number of nitrogens with zero attached hydrogens (tertiary/aromatic N) is 3. The fourth-order valence-corrected chi connectivity index (χ4v) is 4.53. The lowest BCUT2D eigenvalue weighted by molar-refractivity contribution is 0.180. The van der Waals surface area contributed by atoms with Gasteiger partial charge in [0.15, 0.2) is 0 Å². The van der Waals surface area contributed by atoms with E-state index < -0.39 is 9.84 Å². The minimum atomic E-state index is -3.73. The second kappa shape index (κ2) is 11.0. The molecule has 30 heavy (non-hydrogen) atoms. The number of ether oxygens (including phenoxy) is 2. The average molecular weight is 439 g/mol. The summed E-state index contributed by atoms with van der Waals surface area (Å²) in [6.45, 7) is 5.58. The minimum absolute atomic E-state index is 0.0377. The number of methoxy groups -OCH3 is 2. The maximum Gasteiger partial charge on any atom is 0.317 e. The van der Waals surface area contributed by atoms with Gasteiger partial charge in [0.2, 0.25) is 15.0 Å². The number of urea groups is 1. The van der Waals surface area contributed by atoms with Crippen LogP contribution in [0.15, 0.2) is 35.6 Å². The summed E-state index contributed by atoms with van der Waals surface area (Å²) in [6.07, 6.45) is 1.51. The van der Waals surface area contributed by atoms with Crippen molar-refractivity contribution in [3.63, 3.8) is 0 Å². The second-order valence-corrected chi connectivity index (χ2v) is 8.52. The van der Waals surface area contributed by atoms with Crippen molar-refractivity contribution in [3.8, 4) is 5.75 Å². The predicted octanol–water partition coefficient (Wildman–Crippen LogP) is 2.06. The molecule has 0 bridgehead atoms. The zero-order chi connectivity index (χ0) is 22.1. The third-order valence-electron chi connectivity index (χ3n) is 4.54. The lowest BCUT2D eigenvalue weighted by atomic mass is 10.2. The molecule has 10 heteroatoms. The molecule has 2 amide bonds. The van der Waals surface area contributed by atoms with E-state index in [2.05, 4.69) is 10.3 Å². The quantitative estimate of drug-likeness (QED) is 0.576. The van der Waals surface area contributed by atoms with Crippen molar-refractivity contribution in [2.45, 2.75) is 37.8 Å². The number of benzene rings is 1. The van der Waals surface area contributed by atoms with Crippen LogP contribution in [0, 0.1) is 0 Å². The van der Waals surface area contributed by atoms with Gasteiger partial charge in [0.05, 0.1) is 37.9 Å². The van der Waals surface area contributed by atoms with Crippen molar-refractivity contribution < 1.29 is 22.7 Å². The highest BCUT2D eigenvalue weighted by Crippen LogP contribution is 2.21. The highest BCUT2D eigenvalue weighted by molar-refractivity contribution is 7.90. The molecule has 0 radical (unpaired) electrons. The number of carbonyl (C=O) groups excluding carboxylic acids is 1. The summed E-state index contributed by atoms with van der Waals surface area (Å²) in [4.78, 5) is 18.0. The van der Waals surface area contributed by atoms with Gasteiger partial charge in [-0.1, -0.05) is 12.1 Å². The number of hydrogen-bond acceptors (Lipinski definition) is 6. The van der Waals surface area contributed by atoms with Crippen LogP contribution in [0.3, 0.4) is 0 Å². The highest BCUT2D eigenvalue weighted by Gasteiger charge is 2.25. The first-order valence-electron chi connectivity index (χ1n) is 9.78. The first kappa shape index (κ1) is 23.7. The number of hydrogen-bond donors (Lipinski definition) is 1. The fourth-order valence-electron chi connectivity index (χ4n) is 3.02. The molecule has 0 atom stereocenters. The van der Waals surface area contributed by atoms with Gasteiger partial charge in [-0.3, -0.25) is 0 Å². The molecule has 2 aromatic rings. The first-order chi connectivity index (χ1) is 14.4. The molecule has 0 unspecified atom stereocenters. The van der Waals surface area contributed by atoms with Crippen LogP contribution < -0.4 is 10.1 Å². The smallest absolute Gasteiger partial charge is 0.317 e. The molecular weight excluding hydrogens is 408 g/mol. The summed E-state index contributed by atoms with van der Waals surface area (Å²) < 4.78 is 38.2. The molecule has 166 valence electrons. The molecule has 1 aromatic carbocycles. The Hall–Kier alpha value is -2.59. The number of sulfone groups is 1. The molecule has 1 aromatic heterocycles. The van der Waals surface area contributed by atoms with Crippen LogP contribution in [-0.2, 0) is 33.4 Å². The normalized spacial score (nSPS) is 11.3. The van der Waals surface area contributed by atoms with Crippen molar-refractivity contribution in [3.05, 3.63) is 41.7 Å². The van der Waals surface area contributed by atoms with Crippen molar-refractivity contribution in [1.82, 2.24) is 19.8 Å². The van der Waals surface area contributed by atoms with E-state index >= 15 is 0 Å². The fraction of sp³-hybridized carbons (Fsp3) is 0.500. The molecule has 2 rings (SSSR count). The van der Waals surface area contributed by atoms with Gasteiger partial charge in [0, 0.05) is 26.7 Å². The van der Waals surface area contributed by atoms with Crippen LogP contribution in [0.5, 0.6) is 5.75 Å². The Morgan fingerprint density at radius 3 is 2.67 bits per heavy atom. The topological polar surface area (TPSA) is 103 Å². The molecule has 0 spiro atoms.